The number of hydrogen-bond acceptors (Lipinski definition) is 6. The maximum atomic E-state index is 12.4. The molecule has 0 saturated carbocycles. The Bertz CT molecular complexity index is 729. The summed E-state index contributed by atoms with van der Waals surface area (Å²) in [5, 5.41) is -0.0414. The molecule has 6 nitrogen and oxygen atoms in total. The lowest BCUT2D eigenvalue weighted by Gasteiger charge is -2.25. The van der Waals surface area contributed by atoms with Crippen molar-refractivity contribution < 1.29 is 19.0 Å². The van der Waals surface area contributed by atoms with Gasteiger partial charge in [-0.05, 0) is 23.8 Å². The minimum atomic E-state index is -0.0414. The zero-order valence-corrected chi connectivity index (χ0v) is 15.2. The first-order valence-corrected chi connectivity index (χ1v) is 8.82. The van der Waals surface area contributed by atoms with E-state index in [2.05, 4.69) is 4.98 Å². The zero-order valence-electron chi connectivity index (χ0n) is 14.4. The minimum absolute atomic E-state index is 0.0414. The van der Waals surface area contributed by atoms with Gasteiger partial charge in [0.2, 0.25) is 11.7 Å². The Hall–Kier alpha value is -2.41. The normalized spacial score (nSPS) is 16.8. The van der Waals surface area contributed by atoms with Crippen LogP contribution in [-0.2, 0) is 11.3 Å². The fourth-order valence-corrected chi connectivity index (χ4v) is 4.02. The van der Waals surface area contributed by atoms with Crippen LogP contribution < -0.4 is 14.2 Å². The van der Waals surface area contributed by atoms with Crippen LogP contribution in [0.5, 0.6) is 17.2 Å². The number of carbonyl (C=O) groups excluding carboxylic acids is 1. The van der Waals surface area contributed by atoms with Gasteiger partial charge in [-0.1, -0.05) is 6.07 Å². The van der Waals surface area contributed by atoms with Crippen LogP contribution in [0, 0.1) is 0 Å². The van der Waals surface area contributed by atoms with E-state index in [0.29, 0.717) is 29.5 Å². The average Bonchev–Trinajstić information content (AvgIpc) is 3.02. The van der Waals surface area contributed by atoms with Crippen molar-refractivity contribution in [2.75, 3.05) is 27.1 Å². The first-order valence-electron chi connectivity index (χ1n) is 7.77. The fraction of sp³-hybridized carbons (Fsp3) is 0.333. The Morgan fingerprint density at radius 2 is 1.92 bits per heavy atom. The number of nitrogens with zero attached hydrogens (tertiary/aromatic N) is 2. The van der Waals surface area contributed by atoms with Crippen molar-refractivity contribution >= 4 is 17.7 Å². The van der Waals surface area contributed by atoms with Gasteiger partial charge in [-0.3, -0.25) is 9.78 Å². The van der Waals surface area contributed by atoms with Gasteiger partial charge in [0.15, 0.2) is 11.5 Å². The van der Waals surface area contributed by atoms with Crippen molar-refractivity contribution in [3.05, 3.63) is 47.8 Å². The topological polar surface area (TPSA) is 60.9 Å². The summed E-state index contributed by atoms with van der Waals surface area (Å²) in [6.07, 6.45) is 3.53. The summed E-state index contributed by atoms with van der Waals surface area (Å²) in [5.74, 6) is 2.26. The lowest BCUT2D eigenvalue weighted by Crippen LogP contribution is -2.27. The molecule has 1 atom stereocenters. The number of thioether (sulfide) groups is 1. The highest BCUT2D eigenvalue weighted by Gasteiger charge is 2.33. The van der Waals surface area contributed by atoms with E-state index >= 15 is 0 Å². The Balaban J connectivity index is 1.91. The molecule has 2 aromatic rings. The second-order valence-corrected chi connectivity index (χ2v) is 6.57. The highest BCUT2D eigenvalue weighted by molar-refractivity contribution is 8.00. The standard InChI is InChI=1S/C18H20N2O4S/c1-22-14-7-12(8-15(23-2)17(14)24-3)10-20-16(21)11-25-18(20)13-5-4-6-19-9-13/h4-9,18H,10-11H2,1-3H3. The average molecular weight is 360 g/mol. The van der Waals surface area contributed by atoms with Crippen LogP contribution in [0.2, 0.25) is 0 Å². The molecule has 1 aromatic carbocycles. The SMILES string of the molecule is COc1cc(CN2C(=O)CSC2c2cccnc2)cc(OC)c1OC. The Morgan fingerprint density at radius 1 is 1.20 bits per heavy atom. The molecular weight excluding hydrogens is 340 g/mol. The van der Waals surface area contributed by atoms with E-state index in [1.54, 1.807) is 45.5 Å². The van der Waals surface area contributed by atoms with Crippen LogP contribution >= 0.6 is 11.8 Å². The molecule has 0 aliphatic carbocycles. The highest BCUT2D eigenvalue weighted by Crippen LogP contribution is 2.42. The van der Waals surface area contributed by atoms with Gasteiger partial charge in [-0.25, -0.2) is 0 Å². The van der Waals surface area contributed by atoms with Gasteiger partial charge >= 0.3 is 0 Å². The molecule has 0 spiro atoms. The van der Waals surface area contributed by atoms with Crippen molar-refractivity contribution in [2.24, 2.45) is 0 Å². The van der Waals surface area contributed by atoms with Crippen LogP contribution in [-0.4, -0.2) is 42.9 Å². The summed E-state index contributed by atoms with van der Waals surface area (Å²) in [5.41, 5.74) is 1.94. The molecule has 1 aliphatic rings. The number of carbonyl (C=O) groups is 1. The lowest BCUT2D eigenvalue weighted by molar-refractivity contribution is -0.128. The second kappa shape index (κ2) is 7.65. The van der Waals surface area contributed by atoms with Crippen molar-refractivity contribution in [1.82, 2.24) is 9.88 Å². The van der Waals surface area contributed by atoms with Crippen LogP contribution in [0.1, 0.15) is 16.5 Å². The third-order valence-electron chi connectivity index (χ3n) is 4.02. The molecule has 25 heavy (non-hydrogen) atoms. The predicted molar refractivity (Wildman–Crippen MR) is 96.1 cm³/mol. The summed E-state index contributed by atoms with van der Waals surface area (Å²) in [4.78, 5) is 18.4. The first-order chi connectivity index (χ1) is 12.2. The molecule has 2 heterocycles. The van der Waals surface area contributed by atoms with E-state index in [9.17, 15) is 4.79 Å². The fourth-order valence-electron chi connectivity index (χ4n) is 2.85. The third kappa shape index (κ3) is 3.51. The summed E-state index contributed by atoms with van der Waals surface area (Å²) >= 11 is 1.61. The molecule has 1 amide bonds. The summed E-state index contributed by atoms with van der Waals surface area (Å²) in [6, 6.07) is 7.62. The van der Waals surface area contributed by atoms with Gasteiger partial charge in [0.05, 0.1) is 27.1 Å². The predicted octanol–water partition coefficient (Wildman–Crippen LogP) is 2.88. The van der Waals surface area contributed by atoms with Crippen molar-refractivity contribution in [3.8, 4) is 17.2 Å². The molecule has 0 radical (unpaired) electrons. The van der Waals surface area contributed by atoms with Crippen molar-refractivity contribution in [2.45, 2.75) is 11.9 Å². The van der Waals surface area contributed by atoms with Crippen LogP contribution in [0.3, 0.4) is 0 Å². The number of pyridine rings is 1. The largest absolute Gasteiger partial charge is 0.493 e. The second-order valence-electron chi connectivity index (χ2n) is 5.50. The number of aromatic nitrogens is 1. The molecule has 1 aliphatic heterocycles. The van der Waals surface area contributed by atoms with Gasteiger partial charge in [-0.15, -0.1) is 11.8 Å². The van der Waals surface area contributed by atoms with E-state index in [4.69, 9.17) is 14.2 Å². The molecular formula is C18H20N2O4S. The zero-order chi connectivity index (χ0) is 17.8. The smallest absolute Gasteiger partial charge is 0.234 e. The van der Waals surface area contributed by atoms with Crippen LogP contribution in [0.4, 0.5) is 0 Å². The van der Waals surface area contributed by atoms with Crippen LogP contribution in [0.25, 0.3) is 0 Å². The van der Waals surface area contributed by atoms with Gasteiger partial charge in [0.1, 0.15) is 5.37 Å². The number of amides is 1. The number of methoxy groups -OCH3 is 3. The van der Waals surface area contributed by atoms with Crippen LogP contribution in [0.15, 0.2) is 36.7 Å². The van der Waals surface area contributed by atoms with E-state index in [-0.39, 0.29) is 11.3 Å². The highest BCUT2D eigenvalue weighted by atomic mass is 32.2. The molecule has 1 aromatic heterocycles. The number of ether oxygens (including phenoxy) is 3. The number of hydrogen-bond donors (Lipinski definition) is 0. The molecule has 1 saturated heterocycles. The molecule has 1 unspecified atom stereocenters. The Labute approximate surface area is 151 Å². The van der Waals surface area contributed by atoms with Gasteiger partial charge in [0.25, 0.3) is 0 Å². The van der Waals surface area contributed by atoms with Crippen molar-refractivity contribution in [3.63, 3.8) is 0 Å². The molecule has 1 fully saturated rings. The monoisotopic (exact) mass is 360 g/mol. The van der Waals surface area contributed by atoms with E-state index in [0.717, 1.165) is 11.1 Å². The van der Waals surface area contributed by atoms with Crippen molar-refractivity contribution in [1.29, 1.82) is 0 Å². The maximum Gasteiger partial charge on any atom is 0.234 e. The van der Waals surface area contributed by atoms with E-state index < -0.39 is 0 Å². The maximum absolute atomic E-state index is 12.4. The molecule has 7 heteroatoms. The van der Waals surface area contributed by atoms with Gasteiger partial charge in [0, 0.05) is 24.5 Å². The molecule has 3 rings (SSSR count). The lowest BCUT2D eigenvalue weighted by atomic mass is 10.1. The molecule has 0 N–H and O–H groups in total. The van der Waals surface area contributed by atoms with E-state index in [1.165, 1.54) is 0 Å². The van der Waals surface area contributed by atoms with E-state index in [1.807, 2.05) is 29.2 Å². The summed E-state index contributed by atoms with van der Waals surface area (Å²) in [7, 11) is 4.73. The quantitative estimate of drug-likeness (QED) is 0.789. The third-order valence-corrected chi connectivity index (χ3v) is 5.27. The first kappa shape index (κ1) is 17.4. The minimum Gasteiger partial charge on any atom is -0.493 e. The number of rotatable bonds is 6. The van der Waals surface area contributed by atoms with Gasteiger partial charge in [-0.2, -0.15) is 0 Å². The summed E-state index contributed by atoms with van der Waals surface area (Å²) in [6.45, 7) is 0.460. The summed E-state index contributed by atoms with van der Waals surface area (Å²) < 4.78 is 16.1. The number of benzene rings is 1. The molecule has 0 bridgehead atoms. The molecule has 132 valence electrons. The van der Waals surface area contributed by atoms with Gasteiger partial charge < -0.3 is 19.1 Å². The Kier molecular flexibility index (Phi) is 5.33. The Morgan fingerprint density at radius 3 is 2.48 bits per heavy atom.